The van der Waals surface area contributed by atoms with Crippen LogP contribution in [0.4, 0.5) is 0 Å². The van der Waals surface area contributed by atoms with E-state index in [2.05, 4.69) is 10.6 Å². The first kappa shape index (κ1) is 12.5. The quantitative estimate of drug-likeness (QED) is 0.740. The molecule has 1 unspecified atom stereocenters. The van der Waals surface area contributed by atoms with Crippen molar-refractivity contribution in [2.24, 2.45) is 5.92 Å². The van der Waals surface area contributed by atoms with E-state index < -0.39 is 0 Å². The molecule has 0 heterocycles. The molecule has 0 radical (unpaired) electrons. The van der Waals surface area contributed by atoms with Gasteiger partial charge >= 0.3 is 0 Å². The molecule has 0 saturated heterocycles. The lowest BCUT2D eigenvalue weighted by Crippen LogP contribution is -2.32. The van der Waals surface area contributed by atoms with E-state index in [9.17, 15) is 9.59 Å². The van der Waals surface area contributed by atoms with Gasteiger partial charge in [0.15, 0.2) is 0 Å². The van der Waals surface area contributed by atoms with Crippen LogP contribution in [0, 0.1) is 5.92 Å². The lowest BCUT2D eigenvalue weighted by molar-refractivity contribution is -0.123. The largest absolute Gasteiger partial charge is 0.359 e. The number of hydrogen-bond donors (Lipinski definition) is 2. The van der Waals surface area contributed by atoms with Gasteiger partial charge in [-0.1, -0.05) is 18.2 Å². The summed E-state index contributed by atoms with van der Waals surface area (Å²) in [6.07, 6.45) is 5.86. The van der Waals surface area contributed by atoms with Crippen LogP contribution in [0.2, 0.25) is 0 Å². The Morgan fingerprint density at radius 2 is 2.12 bits per heavy atom. The summed E-state index contributed by atoms with van der Waals surface area (Å²) in [5, 5.41) is 5.40. The van der Waals surface area contributed by atoms with Gasteiger partial charge in [-0.25, -0.2) is 0 Å². The van der Waals surface area contributed by atoms with E-state index in [0.29, 0.717) is 12.0 Å². The molecule has 1 rings (SSSR count). The highest BCUT2D eigenvalue weighted by Gasteiger charge is 2.18. The molecule has 0 saturated carbocycles. The van der Waals surface area contributed by atoms with Gasteiger partial charge in [0.05, 0.1) is 5.92 Å². The summed E-state index contributed by atoms with van der Waals surface area (Å²) in [6.45, 7) is 3.83. The fourth-order valence-electron chi connectivity index (χ4n) is 1.51. The van der Waals surface area contributed by atoms with E-state index in [0.717, 1.165) is 0 Å². The van der Waals surface area contributed by atoms with Crippen molar-refractivity contribution in [3.05, 3.63) is 23.8 Å². The molecule has 0 fully saturated rings. The minimum atomic E-state index is -0.152. The zero-order valence-corrected chi connectivity index (χ0v) is 9.91. The van der Waals surface area contributed by atoms with Gasteiger partial charge in [0.25, 0.3) is 5.91 Å². The van der Waals surface area contributed by atoms with Crippen LogP contribution < -0.4 is 10.6 Å². The molecule has 16 heavy (non-hydrogen) atoms. The number of allylic oxidation sites excluding steroid dienone is 1. The molecule has 4 nitrogen and oxygen atoms in total. The Balaban J connectivity index is 2.57. The lowest BCUT2D eigenvalue weighted by atomic mass is 9.95. The Bertz CT molecular complexity index is 343. The molecule has 0 aromatic heterocycles. The molecule has 2 amide bonds. The maximum Gasteiger partial charge on any atom is 0.251 e. The van der Waals surface area contributed by atoms with E-state index >= 15 is 0 Å². The van der Waals surface area contributed by atoms with Gasteiger partial charge < -0.3 is 10.6 Å². The third-order valence-corrected chi connectivity index (χ3v) is 2.36. The van der Waals surface area contributed by atoms with Crippen LogP contribution in [0.1, 0.15) is 20.3 Å². The predicted molar refractivity (Wildman–Crippen MR) is 62.7 cm³/mol. The average Bonchev–Trinajstić information content (AvgIpc) is 2.27. The molecule has 4 heteroatoms. The summed E-state index contributed by atoms with van der Waals surface area (Å²) >= 11 is 0. The smallest absolute Gasteiger partial charge is 0.251 e. The molecular formula is C12H18N2O2. The van der Waals surface area contributed by atoms with E-state index in [-0.39, 0.29) is 23.8 Å². The Hall–Kier alpha value is -1.58. The van der Waals surface area contributed by atoms with Gasteiger partial charge in [-0.2, -0.15) is 0 Å². The highest BCUT2D eigenvalue weighted by molar-refractivity contribution is 5.97. The fraction of sp³-hybridized carbons (Fsp3) is 0.500. The minimum Gasteiger partial charge on any atom is -0.359 e. The number of carbonyl (C=O) groups excluding carboxylic acids is 2. The van der Waals surface area contributed by atoms with E-state index in [1.807, 2.05) is 13.8 Å². The number of carbonyl (C=O) groups is 2. The standard InChI is InChI=1S/C12H18N2O2/c1-8(2)14-12(16)10-6-4-9(5-7-10)11(15)13-3/h4,6-9H,5H2,1-3H3,(H,13,15)(H,14,16). The molecule has 0 bridgehead atoms. The highest BCUT2D eigenvalue weighted by Crippen LogP contribution is 2.16. The van der Waals surface area contributed by atoms with Crippen molar-refractivity contribution < 1.29 is 9.59 Å². The van der Waals surface area contributed by atoms with Crippen LogP contribution in [0.3, 0.4) is 0 Å². The van der Waals surface area contributed by atoms with Crippen molar-refractivity contribution >= 4 is 11.8 Å². The average molecular weight is 222 g/mol. The summed E-state index contributed by atoms with van der Waals surface area (Å²) in [5.74, 6) is -0.252. The van der Waals surface area contributed by atoms with Crippen molar-refractivity contribution in [1.29, 1.82) is 0 Å². The van der Waals surface area contributed by atoms with Crippen LogP contribution in [0.5, 0.6) is 0 Å². The second kappa shape index (κ2) is 5.49. The molecule has 0 spiro atoms. The van der Waals surface area contributed by atoms with Gasteiger partial charge in [-0.05, 0) is 20.3 Å². The van der Waals surface area contributed by atoms with Gasteiger partial charge in [0.2, 0.25) is 5.91 Å². The summed E-state index contributed by atoms with van der Waals surface area (Å²) < 4.78 is 0. The van der Waals surface area contributed by atoms with Crippen molar-refractivity contribution in [3.63, 3.8) is 0 Å². The van der Waals surface area contributed by atoms with Gasteiger partial charge in [0.1, 0.15) is 0 Å². The van der Waals surface area contributed by atoms with Crippen LogP contribution in [-0.4, -0.2) is 24.9 Å². The van der Waals surface area contributed by atoms with E-state index in [1.165, 1.54) is 0 Å². The first-order chi connectivity index (χ1) is 7.54. The summed E-state index contributed by atoms with van der Waals surface area (Å²) in [6, 6.07) is 0.124. The Morgan fingerprint density at radius 3 is 2.56 bits per heavy atom. The van der Waals surface area contributed by atoms with Crippen LogP contribution >= 0.6 is 0 Å². The highest BCUT2D eigenvalue weighted by atomic mass is 16.2. The Labute approximate surface area is 95.8 Å². The normalized spacial score (nSPS) is 19.2. The van der Waals surface area contributed by atoms with Crippen LogP contribution in [-0.2, 0) is 9.59 Å². The first-order valence-electron chi connectivity index (χ1n) is 5.45. The number of hydrogen-bond acceptors (Lipinski definition) is 2. The molecular weight excluding hydrogens is 204 g/mol. The summed E-state index contributed by atoms with van der Waals surface area (Å²) in [4.78, 5) is 23.0. The van der Waals surface area contributed by atoms with Crippen molar-refractivity contribution in [2.75, 3.05) is 7.05 Å². The van der Waals surface area contributed by atoms with Gasteiger partial charge in [-0.3, -0.25) is 9.59 Å². The maximum atomic E-state index is 11.6. The van der Waals surface area contributed by atoms with Crippen molar-refractivity contribution in [3.8, 4) is 0 Å². The first-order valence-corrected chi connectivity index (χ1v) is 5.45. The van der Waals surface area contributed by atoms with E-state index in [1.54, 1.807) is 25.3 Å². The number of rotatable bonds is 3. The SMILES string of the molecule is CNC(=O)C1C=CC(C(=O)NC(C)C)=CC1. The molecule has 1 atom stereocenters. The molecule has 2 N–H and O–H groups in total. The van der Waals surface area contributed by atoms with Crippen LogP contribution in [0.15, 0.2) is 23.8 Å². The number of amides is 2. The summed E-state index contributed by atoms with van der Waals surface area (Å²) in [7, 11) is 1.61. The molecule has 0 aliphatic heterocycles. The Kier molecular flexibility index (Phi) is 4.28. The zero-order valence-electron chi connectivity index (χ0n) is 9.91. The third-order valence-electron chi connectivity index (χ3n) is 2.36. The predicted octanol–water partition coefficient (Wildman–Crippen LogP) is 0.759. The monoisotopic (exact) mass is 222 g/mol. The molecule has 1 aliphatic carbocycles. The minimum absolute atomic E-state index is 0.0178. The van der Waals surface area contributed by atoms with Crippen molar-refractivity contribution in [2.45, 2.75) is 26.3 Å². The topological polar surface area (TPSA) is 58.2 Å². The third kappa shape index (κ3) is 3.22. The van der Waals surface area contributed by atoms with Gasteiger partial charge in [-0.15, -0.1) is 0 Å². The van der Waals surface area contributed by atoms with Crippen molar-refractivity contribution in [1.82, 2.24) is 10.6 Å². The zero-order chi connectivity index (χ0) is 12.1. The molecule has 1 aliphatic rings. The second-order valence-corrected chi connectivity index (χ2v) is 4.10. The fourth-order valence-corrected chi connectivity index (χ4v) is 1.51. The summed E-state index contributed by atoms with van der Waals surface area (Å²) in [5.41, 5.74) is 0.633. The molecule has 88 valence electrons. The number of nitrogens with one attached hydrogen (secondary N) is 2. The second-order valence-electron chi connectivity index (χ2n) is 4.10. The van der Waals surface area contributed by atoms with E-state index in [4.69, 9.17) is 0 Å². The van der Waals surface area contributed by atoms with Gasteiger partial charge in [0, 0.05) is 18.7 Å². The molecule has 0 aromatic carbocycles. The van der Waals surface area contributed by atoms with Crippen LogP contribution in [0.25, 0.3) is 0 Å². The maximum absolute atomic E-state index is 11.6. The molecule has 0 aromatic rings. The lowest BCUT2D eigenvalue weighted by Gasteiger charge is -2.15. The Morgan fingerprint density at radius 1 is 1.44 bits per heavy atom.